The summed E-state index contributed by atoms with van der Waals surface area (Å²) in [5, 5.41) is 11.1. The van der Waals surface area contributed by atoms with E-state index in [1.165, 1.54) is 10.5 Å². The van der Waals surface area contributed by atoms with Gasteiger partial charge in [-0.25, -0.2) is 4.98 Å². The van der Waals surface area contributed by atoms with Gasteiger partial charge in [0.15, 0.2) is 16.2 Å². The van der Waals surface area contributed by atoms with E-state index in [9.17, 15) is 13.6 Å². The first-order valence-corrected chi connectivity index (χ1v) is 11.0. The van der Waals surface area contributed by atoms with Crippen LogP contribution in [0.15, 0.2) is 33.9 Å². The van der Waals surface area contributed by atoms with E-state index >= 15 is 0 Å². The van der Waals surface area contributed by atoms with Gasteiger partial charge in [0, 0.05) is 19.7 Å². The Balaban J connectivity index is 1.53. The predicted octanol–water partition coefficient (Wildman–Crippen LogP) is 1.89. The van der Waals surface area contributed by atoms with Gasteiger partial charge in [0.05, 0.1) is 37.1 Å². The van der Waals surface area contributed by atoms with Gasteiger partial charge in [-0.2, -0.15) is 5.10 Å². The second-order valence-corrected chi connectivity index (χ2v) is 9.15. The molecule has 0 aromatic carbocycles. The van der Waals surface area contributed by atoms with Crippen LogP contribution in [0, 0.1) is 13.8 Å². The number of halogens is 1. The number of hydrogen-bond donors (Lipinski definition) is 1. The molecule has 158 valence electrons. The summed E-state index contributed by atoms with van der Waals surface area (Å²) < 4.78 is 34.2. The number of carbonyl (C=O) groups is 1. The third-order valence-corrected chi connectivity index (χ3v) is 7.20. The van der Waals surface area contributed by atoms with Gasteiger partial charge in [-0.05, 0) is 18.6 Å². The lowest BCUT2D eigenvalue weighted by atomic mass is 10.2. The maximum absolute atomic E-state index is 13.1. The summed E-state index contributed by atoms with van der Waals surface area (Å²) in [5.74, 6) is -0.107. The number of carbonyl (C=O) groups excluding carboxylic acids is 1. The Morgan fingerprint density at radius 1 is 1.33 bits per heavy atom. The van der Waals surface area contributed by atoms with Crippen molar-refractivity contribution >= 4 is 27.9 Å². The molecule has 10 nitrogen and oxygen atoms in total. The molecular weight excluding hydrogens is 432 g/mol. The molecule has 12 heteroatoms. The SMILES string of the molecule is Cc1noc(C)c1[S+](=O)([O-])N1CCn2ncc(C(=O)NCc3ccc(Cl)nc3)c2C1. The fraction of sp³-hybridized carbons (Fsp3) is 0.333. The normalized spacial score (nSPS) is 16.1. The van der Waals surface area contributed by atoms with E-state index in [1.54, 1.807) is 36.9 Å². The monoisotopic (exact) mass is 450 g/mol. The van der Waals surface area contributed by atoms with E-state index in [1.807, 2.05) is 0 Å². The molecule has 0 fully saturated rings. The van der Waals surface area contributed by atoms with Gasteiger partial charge in [-0.1, -0.05) is 27.0 Å². The molecule has 1 N–H and O–H groups in total. The number of aromatic nitrogens is 4. The third-order valence-electron chi connectivity index (χ3n) is 4.89. The highest BCUT2D eigenvalue weighted by Gasteiger charge is 2.39. The van der Waals surface area contributed by atoms with E-state index < -0.39 is 10.4 Å². The highest BCUT2D eigenvalue weighted by Crippen LogP contribution is 2.31. The van der Waals surface area contributed by atoms with Gasteiger partial charge >= 0.3 is 0 Å². The minimum atomic E-state index is -3.82. The Kier molecular flexibility index (Phi) is 5.45. The molecule has 3 aromatic heterocycles. The highest BCUT2D eigenvalue weighted by molar-refractivity contribution is 7.95. The molecule has 0 saturated heterocycles. The van der Waals surface area contributed by atoms with Crippen LogP contribution in [0.5, 0.6) is 0 Å². The van der Waals surface area contributed by atoms with Crippen LogP contribution in [-0.2, 0) is 34.2 Å². The lowest BCUT2D eigenvalue weighted by Crippen LogP contribution is -2.43. The second kappa shape index (κ2) is 7.91. The van der Waals surface area contributed by atoms with E-state index in [2.05, 4.69) is 20.6 Å². The van der Waals surface area contributed by atoms with Gasteiger partial charge < -0.3 is 14.4 Å². The van der Waals surface area contributed by atoms with Crippen LogP contribution in [0.2, 0.25) is 5.15 Å². The number of sulfonamides is 1. The van der Waals surface area contributed by atoms with Crippen molar-refractivity contribution in [1.82, 2.24) is 29.5 Å². The predicted molar refractivity (Wildman–Crippen MR) is 106 cm³/mol. The average Bonchev–Trinajstić information content (AvgIpc) is 3.30. The molecule has 0 aliphatic carbocycles. The fourth-order valence-corrected chi connectivity index (χ4v) is 5.17. The van der Waals surface area contributed by atoms with Gasteiger partial charge in [0.1, 0.15) is 10.8 Å². The molecule has 30 heavy (non-hydrogen) atoms. The van der Waals surface area contributed by atoms with Crippen LogP contribution < -0.4 is 5.32 Å². The molecule has 0 saturated carbocycles. The molecule has 0 bridgehead atoms. The zero-order chi connectivity index (χ0) is 21.5. The quantitative estimate of drug-likeness (QED) is 0.464. The number of nitrogens with zero attached hydrogens (tertiary/aromatic N) is 5. The number of rotatable bonds is 5. The third kappa shape index (κ3) is 3.76. The van der Waals surface area contributed by atoms with Crippen molar-refractivity contribution in [1.29, 1.82) is 0 Å². The molecule has 0 spiro atoms. The number of amides is 1. The van der Waals surface area contributed by atoms with E-state index in [0.717, 1.165) is 5.56 Å². The van der Waals surface area contributed by atoms with Crippen molar-refractivity contribution in [3.63, 3.8) is 0 Å². The molecule has 1 aliphatic rings. The van der Waals surface area contributed by atoms with Crippen LogP contribution >= 0.6 is 11.6 Å². The summed E-state index contributed by atoms with van der Waals surface area (Å²) in [4.78, 5) is 16.8. The molecule has 0 radical (unpaired) electrons. The lowest BCUT2D eigenvalue weighted by molar-refractivity contribution is 0.0948. The van der Waals surface area contributed by atoms with Gasteiger partial charge in [-0.3, -0.25) is 9.48 Å². The largest absolute Gasteiger partial charge is 0.593 e. The van der Waals surface area contributed by atoms with Crippen LogP contribution in [0.3, 0.4) is 0 Å². The van der Waals surface area contributed by atoms with Crippen molar-refractivity contribution in [2.75, 3.05) is 6.54 Å². The Hall–Kier alpha value is -2.60. The highest BCUT2D eigenvalue weighted by atomic mass is 35.5. The van der Waals surface area contributed by atoms with Crippen molar-refractivity contribution in [2.24, 2.45) is 0 Å². The fourth-order valence-electron chi connectivity index (χ4n) is 3.38. The maximum atomic E-state index is 13.1. The summed E-state index contributed by atoms with van der Waals surface area (Å²) in [6.07, 6.45) is 3.03. The zero-order valence-corrected chi connectivity index (χ0v) is 17.9. The summed E-state index contributed by atoms with van der Waals surface area (Å²) in [6.45, 7) is 4.00. The minimum Gasteiger partial charge on any atom is -0.593 e. The Morgan fingerprint density at radius 2 is 2.13 bits per heavy atom. The molecule has 1 atom stereocenters. The van der Waals surface area contributed by atoms with Crippen LogP contribution in [0.4, 0.5) is 0 Å². The van der Waals surface area contributed by atoms with Crippen molar-refractivity contribution < 1.29 is 18.1 Å². The molecule has 4 heterocycles. The first-order valence-electron chi connectivity index (χ1n) is 9.13. The molecule has 4 rings (SSSR count). The van der Waals surface area contributed by atoms with Crippen LogP contribution in [-0.4, -0.2) is 41.2 Å². The van der Waals surface area contributed by atoms with E-state index in [4.69, 9.17) is 16.1 Å². The Morgan fingerprint density at radius 3 is 2.80 bits per heavy atom. The minimum absolute atomic E-state index is 0.0254. The summed E-state index contributed by atoms with van der Waals surface area (Å²) in [6, 6.07) is 3.41. The summed E-state index contributed by atoms with van der Waals surface area (Å²) in [7, 11) is -3.82. The number of nitrogens with one attached hydrogen (secondary N) is 1. The van der Waals surface area contributed by atoms with E-state index in [0.29, 0.717) is 28.6 Å². The van der Waals surface area contributed by atoms with Gasteiger partial charge in [-0.15, -0.1) is 4.31 Å². The number of hydrogen-bond acceptors (Lipinski definition) is 7. The van der Waals surface area contributed by atoms with Crippen molar-refractivity contribution in [2.45, 2.75) is 38.4 Å². The standard InChI is InChI=1S/C18H19ClN6O4S/c1-11-17(12(2)29-23-11)30(27,28)24-5-6-25-15(10-24)14(9-22-25)18(26)21-8-13-3-4-16(19)20-7-13/h3-4,7,9H,5-6,8,10H2,1-2H3,(H-,21,26,27,28). The second-order valence-electron chi connectivity index (χ2n) is 6.89. The lowest BCUT2D eigenvalue weighted by Gasteiger charge is -2.30. The summed E-state index contributed by atoms with van der Waals surface area (Å²) >= 11 is 5.77. The van der Waals surface area contributed by atoms with Crippen LogP contribution in [0.25, 0.3) is 0 Å². The molecule has 1 aliphatic heterocycles. The summed E-state index contributed by atoms with van der Waals surface area (Å²) in [5.41, 5.74) is 1.96. The Labute approximate surface area is 178 Å². The van der Waals surface area contributed by atoms with E-state index in [-0.39, 0.29) is 36.2 Å². The zero-order valence-electron chi connectivity index (χ0n) is 16.3. The molecule has 1 unspecified atom stereocenters. The van der Waals surface area contributed by atoms with Gasteiger partial charge in [0.2, 0.25) is 4.90 Å². The van der Waals surface area contributed by atoms with Crippen molar-refractivity contribution in [3.8, 4) is 0 Å². The smallest absolute Gasteiger partial charge is 0.255 e. The van der Waals surface area contributed by atoms with Crippen LogP contribution in [0.1, 0.15) is 33.1 Å². The first kappa shape index (κ1) is 20.7. The number of pyridine rings is 1. The molecule has 3 aromatic rings. The Bertz CT molecular complexity index is 1120. The molecule has 1 amide bonds. The number of fused-ring (bicyclic) bond motifs is 1. The maximum Gasteiger partial charge on any atom is 0.255 e. The van der Waals surface area contributed by atoms with Gasteiger partial charge in [0.25, 0.3) is 5.91 Å². The molecular formula is C18H19ClN6O4S. The topological polar surface area (TPSA) is 129 Å². The first-order chi connectivity index (χ1) is 14.3. The number of aryl methyl sites for hydroxylation is 2. The average molecular weight is 451 g/mol. The van der Waals surface area contributed by atoms with Crippen molar-refractivity contribution in [3.05, 3.63) is 58.0 Å².